The van der Waals surface area contributed by atoms with Crippen LogP contribution in [0.5, 0.6) is 5.75 Å². The second-order valence-electron chi connectivity index (χ2n) is 14.5. The van der Waals surface area contributed by atoms with E-state index >= 15 is 0 Å². The summed E-state index contributed by atoms with van der Waals surface area (Å²) in [6.07, 6.45) is -5.57. The molecule has 1 amide bonds. The van der Waals surface area contributed by atoms with Gasteiger partial charge in [0.2, 0.25) is 5.82 Å². The average molecular weight is 660 g/mol. The number of benzene rings is 1. The van der Waals surface area contributed by atoms with Crippen molar-refractivity contribution >= 4 is 14.2 Å². The Balaban J connectivity index is 1.94. The van der Waals surface area contributed by atoms with Crippen LogP contribution in [0.1, 0.15) is 69.6 Å². The minimum absolute atomic E-state index is 0.0326. The maximum Gasteiger partial charge on any atom is 0.392 e. The third-order valence-electron chi connectivity index (χ3n) is 9.51. The van der Waals surface area contributed by atoms with Crippen molar-refractivity contribution in [2.75, 3.05) is 20.8 Å². The summed E-state index contributed by atoms with van der Waals surface area (Å²) in [5.74, 6) is 0.261. The molecule has 2 aromatic heterocycles. The highest BCUT2D eigenvalue weighted by molar-refractivity contribution is 6.74. The second kappa shape index (κ2) is 11.8. The van der Waals surface area contributed by atoms with Crippen molar-refractivity contribution in [2.24, 2.45) is 7.05 Å². The summed E-state index contributed by atoms with van der Waals surface area (Å²) in [7, 11) is 2.32. The number of methoxy groups -OCH3 is 1. The Morgan fingerprint density at radius 2 is 1.76 bits per heavy atom. The van der Waals surface area contributed by atoms with Crippen molar-refractivity contribution in [2.45, 2.75) is 96.2 Å². The summed E-state index contributed by atoms with van der Waals surface area (Å²) < 4.78 is 54.9. The number of amides is 1. The van der Waals surface area contributed by atoms with Gasteiger partial charge in [-0.3, -0.25) is 4.79 Å². The van der Waals surface area contributed by atoms with Crippen molar-refractivity contribution in [1.29, 1.82) is 5.26 Å². The molecule has 0 aliphatic carbocycles. The van der Waals surface area contributed by atoms with E-state index in [2.05, 4.69) is 49.3 Å². The molecule has 0 bridgehead atoms. The molecule has 1 aliphatic rings. The van der Waals surface area contributed by atoms with Gasteiger partial charge in [-0.25, -0.2) is 0 Å². The molecule has 46 heavy (non-hydrogen) atoms. The van der Waals surface area contributed by atoms with E-state index in [-0.39, 0.29) is 10.7 Å². The quantitative estimate of drug-likeness (QED) is 0.241. The smallest absolute Gasteiger partial charge is 0.392 e. The van der Waals surface area contributed by atoms with Gasteiger partial charge >= 0.3 is 6.18 Å². The number of alkyl halides is 3. The van der Waals surface area contributed by atoms with Crippen molar-refractivity contribution in [1.82, 2.24) is 29.7 Å². The van der Waals surface area contributed by atoms with Gasteiger partial charge in [-0.1, -0.05) is 34.6 Å². The number of hydrogen-bond acceptors (Lipinski definition) is 7. The number of carbonyl (C=O) groups is 1. The van der Waals surface area contributed by atoms with Crippen LogP contribution in [0, 0.1) is 11.3 Å². The number of fused-ring (bicyclic) bond motifs is 3. The van der Waals surface area contributed by atoms with E-state index < -0.39 is 37.8 Å². The predicted molar refractivity (Wildman–Crippen MR) is 171 cm³/mol. The molecule has 3 heterocycles. The fraction of sp³-hybridized carbons (Fsp3) is 0.594. The van der Waals surface area contributed by atoms with Crippen LogP contribution in [0.15, 0.2) is 18.2 Å². The number of halogens is 3. The summed E-state index contributed by atoms with van der Waals surface area (Å²) >= 11 is 0. The van der Waals surface area contributed by atoms with Crippen LogP contribution in [-0.4, -0.2) is 76.4 Å². The summed E-state index contributed by atoms with van der Waals surface area (Å²) in [5, 5.41) is 22.3. The molecule has 14 heteroatoms. The first-order valence-corrected chi connectivity index (χ1v) is 18.1. The molecule has 1 aliphatic heterocycles. The van der Waals surface area contributed by atoms with Crippen molar-refractivity contribution < 1.29 is 27.1 Å². The van der Waals surface area contributed by atoms with Crippen LogP contribution in [0.4, 0.5) is 13.2 Å². The van der Waals surface area contributed by atoms with Gasteiger partial charge in [-0.05, 0) is 66.0 Å². The van der Waals surface area contributed by atoms with Gasteiger partial charge in [-0.2, -0.15) is 23.2 Å². The number of hydrogen-bond donors (Lipinski definition) is 0. The van der Waals surface area contributed by atoms with E-state index in [9.17, 15) is 23.2 Å². The van der Waals surface area contributed by atoms with Crippen LogP contribution in [0.3, 0.4) is 0 Å². The van der Waals surface area contributed by atoms with Crippen molar-refractivity contribution in [3.63, 3.8) is 0 Å². The van der Waals surface area contributed by atoms with E-state index in [4.69, 9.17) is 9.16 Å². The van der Waals surface area contributed by atoms with Crippen LogP contribution in [0.25, 0.3) is 22.6 Å². The molecule has 0 saturated carbocycles. The SMILES string of the molecule is COc1cc2c(cc1-c1nnn(C)n1)-c1c(C(C)(C)CO[Si](C)(C)C(C)(C)C)cc(C(=O)N(C)[C@](C)(C#N)CC(F)(F)F)n1CC2. The van der Waals surface area contributed by atoms with Crippen molar-refractivity contribution in [3.8, 4) is 34.5 Å². The van der Waals surface area contributed by atoms with E-state index in [1.165, 1.54) is 11.8 Å². The summed E-state index contributed by atoms with van der Waals surface area (Å²) in [5.41, 5.74) is 1.45. The molecule has 0 spiro atoms. The monoisotopic (exact) mass is 659 g/mol. The topological polar surface area (TPSA) is 111 Å². The molecule has 0 unspecified atom stereocenters. The molecule has 0 N–H and O–H groups in total. The Bertz CT molecular complexity index is 1680. The Morgan fingerprint density at radius 3 is 2.28 bits per heavy atom. The molecule has 3 aromatic rings. The minimum atomic E-state index is -4.64. The fourth-order valence-corrected chi connectivity index (χ4v) is 6.61. The highest BCUT2D eigenvalue weighted by atomic mass is 28.4. The zero-order valence-electron chi connectivity index (χ0n) is 28.5. The highest BCUT2D eigenvalue weighted by Crippen LogP contribution is 2.46. The van der Waals surface area contributed by atoms with Gasteiger partial charge < -0.3 is 18.6 Å². The highest BCUT2D eigenvalue weighted by Gasteiger charge is 2.46. The molecular weight excluding hydrogens is 615 g/mol. The number of nitrogens with zero attached hydrogens (tertiary/aromatic N) is 7. The van der Waals surface area contributed by atoms with E-state index in [1.807, 2.05) is 30.5 Å². The fourth-order valence-electron chi connectivity index (χ4n) is 5.46. The van der Waals surface area contributed by atoms with E-state index in [0.717, 1.165) is 34.2 Å². The van der Waals surface area contributed by atoms with Crippen LogP contribution in [0.2, 0.25) is 18.1 Å². The predicted octanol–water partition coefficient (Wildman–Crippen LogP) is 6.52. The zero-order chi connectivity index (χ0) is 34.6. The number of nitriles is 1. The molecule has 0 fully saturated rings. The van der Waals surface area contributed by atoms with Gasteiger partial charge in [0.1, 0.15) is 17.0 Å². The van der Waals surface area contributed by atoms with Crippen molar-refractivity contribution in [3.05, 3.63) is 35.0 Å². The summed E-state index contributed by atoms with van der Waals surface area (Å²) in [6, 6.07) is 7.35. The number of aromatic nitrogens is 5. The normalized spacial score (nSPS) is 15.1. The lowest BCUT2D eigenvalue weighted by Gasteiger charge is -2.39. The number of aryl methyl sites for hydroxylation is 2. The molecule has 0 saturated heterocycles. The third kappa shape index (κ3) is 6.57. The lowest BCUT2D eigenvalue weighted by molar-refractivity contribution is -0.150. The van der Waals surface area contributed by atoms with E-state index in [1.54, 1.807) is 26.3 Å². The maximum atomic E-state index is 14.1. The van der Waals surface area contributed by atoms with Gasteiger partial charge in [0.25, 0.3) is 5.91 Å². The number of carbonyl (C=O) groups excluding carboxylic acids is 1. The Labute approximate surface area is 269 Å². The lowest BCUT2D eigenvalue weighted by Crippen LogP contribution is -2.49. The number of rotatable bonds is 9. The number of tetrazole rings is 1. The standard InChI is InChI=1S/C32H44F3N7O3Si/c1-29(2,3)46(10,11)45-19-30(4,5)23-16-24(28(43)40(7)31(6,18-36)17-32(33,34)35)42-13-12-20-14-25(44-9)22(15-21(20)26(23)42)27-37-39-41(8)38-27/h14-16H,12-13,17,19H2,1-11H3/t31-/m0/s1. The average Bonchev–Trinajstić information content (AvgIpc) is 3.57. The molecule has 1 aromatic carbocycles. The Morgan fingerprint density at radius 1 is 1.11 bits per heavy atom. The first-order chi connectivity index (χ1) is 21.0. The Kier molecular flexibility index (Phi) is 9.04. The van der Waals surface area contributed by atoms with Crippen LogP contribution in [-0.2, 0) is 29.9 Å². The molecule has 10 nitrogen and oxygen atoms in total. The van der Waals surface area contributed by atoms with Gasteiger partial charge in [-0.15, -0.1) is 10.2 Å². The molecule has 4 rings (SSSR count). The third-order valence-corrected chi connectivity index (χ3v) is 14.0. The van der Waals surface area contributed by atoms with E-state index in [0.29, 0.717) is 36.7 Å². The lowest BCUT2D eigenvalue weighted by atomic mass is 9.82. The molecule has 1 atom stereocenters. The maximum absolute atomic E-state index is 14.1. The molecular formula is C32H44F3N7O3Si. The summed E-state index contributed by atoms with van der Waals surface area (Å²) in [4.78, 5) is 16.4. The molecule has 250 valence electrons. The molecule has 0 radical (unpaired) electrons. The van der Waals surface area contributed by atoms with Gasteiger partial charge in [0, 0.05) is 31.2 Å². The minimum Gasteiger partial charge on any atom is -0.496 e. The Hall–Kier alpha value is -3.70. The summed E-state index contributed by atoms with van der Waals surface area (Å²) in [6.45, 7) is 16.8. The number of ether oxygens (including phenoxy) is 1. The second-order valence-corrected chi connectivity index (χ2v) is 19.3. The first kappa shape index (κ1) is 35.2. The van der Waals surface area contributed by atoms with Crippen LogP contribution >= 0.6 is 0 Å². The first-order valence-electron chi connectivity index (χ1n) is 15.1. The van der Waals surface area contributed by atoms with Gasteiger partial charge in [0.15, 0.2) is 8.32 Å². The zero-order valence-corrected chi connectivity index (χ0v) is 29.5. The van der Waals surface area contributed by atoms with Crippen LogP contribution < -0.4 is 4.74 Å². The van der Waals surface area contributed by atoms with Gasteiger partial charge in [0.05, 0.1) is 37.9 Å². The largest absolute Gasteiger partial charge is 0.496 e.